The molecule has 2 atom stereocenters. The molecule has 5 heteroatoms. The van der Waals surface area contributed by atoms with Gasteiger partial charge in [0.1, 0.15) is 0 Å². The lowest BCUT2D eigenvalue weighted by molar-refractivity contribution is -0.139. The topological polar surface area (TPSA) is 72.2 Å². The van der Waals surface area contributed by atoms with E-state index in [1.165, 1.54) is 0 Å². The molecular weight excluding hydrogens is 388 g/mol. The number of carboxylic acids is 1. The predicted octanol–water partition coefficient (Wildman–Crippen LogP) is 5.10. The lowest BCUT2D eigenvalue weighted by atomic mass is 9.78. The number of carbonyl (C=O) groups is 2. The zero-order valence-electron chi connectivity index (χ0n) is 16.8. The van der Waals surface area contributed by atoms with Crippen LogP contribution in [0.2, 0.25) is 0 Å². The summed E-state index contributed by atoms with van der Waals surface area (Å²) in [7, 11) is 0. The van der Waals surface area contributed by atoms with E-state index in [0.717, 1.165) is 11.3 Å². The van der Waals surface area contributed by atoms with Gasteiger partial charge in [0.15, 0.2) is 5.78 Å². The van der Waals surface area contributed by atoms with Crippen molar-refractivity contribution >= 4 is 11.8 Å². The maximum absolute atomic E-state index is 13.2. The van der Waals surface area contributed by atoms with Crippen LogP contribution < -0.4 is 0 Å². The van der Waals surface area contributed by atoms with E-state index in [2.05, 4.69) is 4.98 Å². The normalized spacial score (nSPS) is 12.8. The maximum atomic E-state index is 13.2. The number of Topliss-reactive ketones (excluding diaryl/α,β-unsaturated/α-hetero) is 1. The summed E-state index contributed by atoms with van der Waals surface area (Å²) in [5.41, 5.74) is 2.98. The van der Waals surface area contributed by atoms with Gasteiger partial charge in [-0.15, -0.1) is 0 Å². The van der Waals surface area contributed by atoms with E-state index in [1.807, 2.05) is 71.4 Å². The fourth-order valence-electron chi connectivity index (χ4n) is 3.88. The molecule has 154 valence electrons. The van der Waals surface area contributed by atoms with Gasteiger partial charge >= 0.3 is 5.97 Å². The van der Waals surface area contributed by atoms with Crippen molar-refractivity contribution in [2.24, 2.45) is 0 Å². The number of imidazole rings is 1. The second-order valence-corrected chi connectivity index (χ2v) is 7.39. The van der Waals surface area contributed by atoms with E-state index < -0.39 is 17.8 Å². The van der Waals surface area contributed by atoms with E-state index in [1.54, 1.807) is 36.8 Å². The van der Waals surface area contributed by atoms with Crippen LogP contribution in [0.5, 0.6) is 0 Å². The molecule has 4 rings (SSSR count). The molecule has 1 aromatic heterocycles. The molecule has 3 aromatic carbocycles. The summed E-state index contributed by atoms with van der Waals surface area (Å²) < 4.78 is 1.86. The Morgan fingerprint density at radius 1 is 0.839 bits per heavy atom. The van der Waals surface area contributed by atoms with Crippen LogP contribution in [0.3, 0.4) is 0 Å². The number of hydrogen-bond donors (Lipinski definition) is 1. The van der Waals surface area contributed by atoms with Crippen molar-refractivity contribution in [1.82, 2.24) is 9.55 Å². The molecule has 0 spiro atoms. The van der Waals surface area contributed by atoms with Crippen LogP contribution in [0.1, 0.15) is 39.7 Å². The molecule has 0 saturated heterocycles. The maximum Gasteiger partial charge on any atom is 0.311 e. The van der Waals surface area contributed by atoms with Crippen molar-refractivity contribution in [3.8, 4) is 5.69 Å². The van der Waals surface area contributed by atoms with Crippen molar-refractivity contribution in [3.63, 3.8) is 0 Å². The highest BCUT2D eigenvalue weighted by atomic mass is 16.4. The molecule has 1 N–H and O–H groups in total. The van der Waals surface area contributed by atoms with Crippen LogP contribution in [0, 0.1) is 0 Å². The zero-order valence-corrected chi connectivity index (χ0v) is 16.8. The molecule has 4 aromatic rings. The Labute approximate surface area is 180 Å². The van der Waals surface area contributed by atoms with E-state index >= 15 is 0 Å². The van der Waals surface area contributed by atoms with Gasteiger partial charge in [-0.25, -0.2) is 4.98 Å². The highest BCUT2D eigenvalue weighted by Crippen LogP contribution is 2.37. The molecule has 5 nitrogen and oxygen atoms in total. The van der Waals surface area contributed by atoms with Crippen LogP contribution in [0.25, 0.3) is 5.69 Å². The van der Waals surface area contributed by atoms with Crippen LogP contribution in [0.15, 0.2) is 104 Å². The summed E-state index contributed by atoms with van der Waals surface area (Å²) in [5, 5.41) is 10.1. The third-order valence-electron chi connectivity index (χ3n) is 5.45. The van der Waals surface area contributed by atoms with Crippen molar-refractivity contribution in [2.45, 2.75) is 18.3 Å². The average molecular weight is 410 g/mol. The van der Waals surface area contributed by atoms with Crippen molar-refractivity contribution in [3.05, 3.63) is 120 Å². The monoisotopic (exact) mass is 410 g/mol. The number of carbonyl (C=O) groups excluding carboxylic acids is 1. The summed E-state index contributed by atoms with van der Waals surface area (Å²) in [4.78, 5) is 29.5. The van der Waals surface area contributed by atoms with E-state index in [-0.39, 0.29) is 12.2 Å². The summed E-state index contributed by atoms with van der Waals surface area (Å²) in [6.07, 6.45) is 5.32. The second kappa shape index (κ2) is 9.22. The Morgan fingerprint density at radius 3 is 2.00 bits per heavy atom. The number of rotatable bonds is 8. The van der Waals surface area contributed by atoms with Crippen LogP contribution in [-0.2, 0) is 4.79 Å². The molecule has 0 bridgehead atoms. The van der Waals surface area contributed by atoms with E-state index in [0.29, 0.717) is 11.1 Å². The molecule has 0 saturated carbocycles. The van der Waals surface area contributed by atoms with Gasteiger partial charge in [-0.2, -0.15) is 0 Å². The van der Waals surface area contributed by atoms with Gasteiger partial charge in [-0.1, -0.05) is 60.7 Å². The fourth-order valence-corrected chi connectivity index (χ4v) is 3.88. The highest BCUT2D eigenvalue weighted by Gasteiger charge is 2.32. The highest BCUT2D eigenvalue weighted by molar-refractivity contribution is 5.97. The van der Waals surface area contributed by atoms with Gasteiger partial charge in [0.2, 0.25) is 0 Å². The van der Waals surface area contributed by atoms with Gasteiger partial charge in [-0.3, -0.25) is 9.59 Å². The first-order valence-electron chi connectivity index (χ1n) is 10.1. The Bertz CT molecular complexity index is 1140. The Hall–Kier alpha value is -3.99. The van der Waals surface area contributed by atoms with Crippen molar-refractivity contribution < 1.29 is 14.7 Å². The fraction of sp³-hybridized carbons (Fsp3) is 0.115. The molecule has 0 radical (unpaired) electrons. The lowest BCUT2D eigenvalue weighted by Crippen LogP contribution is -2.23. The zero-order chi connectivity index (χ0) is 21.6. The SMILES string of the molecule is O=C(CC(c1ccccc1)C(C(=O)O)c1ccccc1)c1ccc(-n2ccnc2)cc1. The van der Waals surface area contributed by atoms with E-state index in [4.69, 9.17) is 0 Å². The molecular formula is C26H22N2O3. The minimum absolute atomic E-state index is 0.0896. The summed E-state index contributed by atoms with van der Waals surface area (Å²) in [6, 6.07) is 25.8. The number of carboxylic acid groups (broad SMARTS) is 1. The number of aliphatic carboxylic acids is 1. The van der Waals surface area contributed by atoms with E-state index in [9.17, 15) is 14.7 Å². The second-order valence-electron chi connectivity index (χ2n) is 7.39. The summed E-state index contributed by atoms with van der Waals surface area (Å²) >= 11 is 0. The van der Waals surface area contributed by atoms with Crippen LogP contribution >= 0.6 is 0 Å². The number of aromatic nitrogens is 2. The molecule has 2 unspecified atom stereocenters. The first kappa shape index (κ1) is 20.3. The lowest BCUT2D eigenvalue weighted by Gasteiger charge is -2.24. The molecule has 0 aliphatic heterocycles. The van der Waals surface area contributed by atoms with Gasteiger partial charge in [0, 0.05) is 36.0 Å². The van der Waals surface area contributed by atoms with Crippen molar-refractivity contribution in [2.75, 3.05) is 0 Å². The molecule has 0 aliphatic carbocycles. The third-order valence-corrected chi connectivity index (χ3v) is 5.45. The smallest absolute Gasteiger partial charge is 0.311 e. The van der Waals surface area contributed by atoms with Gasteiger partial charge in [0.05, 0.1) is 12.2 Å². The first-order valence-corrected chi connectivity index (χ1v) is 10.1. The Kier molecular flexibility index (Phi) is 6.03. The number of ketones is 1. The van der Waals surface area contributed by atoms with Gasteiger partial charge in [0.25, 0.3) is 0 Å². The standard InChI is InChI=1S/C26H22N2O3/c29-24(20-11-13-22(14-12-20)28-16-15-27-18-28)17-23(19-7-3-1-4-8-19)25(26(30)31)21-9-5-2-6-10-21/h1-16,18,23,25H,17H2,(H,30,31). The number of nitrogens with zero attached hydrogens (tertiary/aromatic N) is 2. The molecule has 0 amide bonds. The third kappa shape index (κ3) is 4.61. The minimum atomic E-state index is -0.941. The largest absolute Gasteiger partial charge is 0.481 e. The Balaban J connectivity index is 1.64. The first-order chi connectivity index (χ1) is 15.1. The van der Waals surface area contributed by atoms with Crippen molar-refractivity contribution in [1.29, 1.82) is 0 Å². The molecule has 31 heavy (non-hydrogen) atoms. The minimum Gasteiger partial charge on any atom is -0.481 e. The quantitative estimate of drug-likeness (QED) is 0.410. The van der Waals surface area contributed by atoms with Crippen LogP contribution in [0.4, 0.5) is 0 Å². The summed E-state index contributed by atoms with van der Waals surface area (Å²) in [5.74, 6) is -2.34. The summed E-state index contributed by atoms with van der Waals surface area (Å²) in [6.45, 7) is 0. The number of benzene rings is 3. The number of hydrogen-bond acceptors (Lipinski definition) is 3. The molecule has 1 heterocycles. The predicted molar refractivity (Wildman–Crippen MR) is 119 cm³/mol. The van der Waals surface area contributed by atoms with Gasteiger partial charge in [-0.05, 0) is 35.4 Å². The molecule has 0 aliphatic rings. The Morgan fingerprint density at radius 2 is 1.45 bits per heavy atom. The molecule has 0 fully saturated rings. The average Bonchev–Trinajstić information content (AvgIpc) is 3.35. The van der Waals surface area contributed by atoms with Gasteiger partial charge < -0.3 is 9.67 Å². The van der Waals surface area contributed by atoms with Crippen LogP contribution in [-0.4, -0.2) is 26.4 Å².